The molecule has 10 heteroatoms. The van der Waals surface area contributed by atoms with E-state index in [1.54, 1.807) is 6.92 Å². The minimum Gasteiger partial charge on any atom is -0.480 e. The van der Waals surface area contributed by atoms with Gasteiger partial charge in [0.25, 0.3) is 12.3 Å². The minimum absolute atomic E-state index is 0.0778. The van der Waals surface area contributed by atoms with Crippen molar-refractivity contribution in [3.8, 4) is 5.88 Å². The zero-order valence-electron chi connectivity index (χ0n) is 14.7. The number of nitrogens with one attached hydrogen (secondary N) is 1. The fourth-order valence-corrected chi connectivity index (χ4v) is 4.17. The number of aryl methyl sites for hydroxylation is 1. The van der Waals surface area contributed by atoms with Crippen LogP contribution in [0.5, 0.6) is 5.88 Å². The zero-order valence-corrected chi connectivity index (χ0v) is 15.5. The molecule has 0 saturated carbocycles. The van der Waals surface area contributed by atoms with Crippen molar-refractivity contribution >= 4 is 27.5 Å². The van der Waals surface area contributed by atoms with Crippen LogP contribution < -0.4 is 10.1 Å². The number of amides is 1. The van der Waals surface area contributed by atoms with Gasteiger partial charge in [-0.15, -0.1) is 11.3 Å². The van der Waals surface area contributed by atoms with Crippen molar-refractivity contribution in [3.05, 3.63) is 16.3 Å². The number of thiophene rings is 1. The van der Waals surface area contributed by atoms with Gasteiger partial charge in [-0.25, -0.2) is 13.8 Å². The van der Waals surface area contributed by atoms with Crippen molar-refractivity contribution in [2.75, 3.05) is 33.9 Å². The molecule has 0 aromatic carbocycles. The number of ether oxygens (including phenoxy) is 2. The fraction of sp³-hybridized carbons (Fsp3) is 0.562. The molecule has 1 aliphatic rings. The van der Waals surface area contributed by atoms with Crippen LogP contribution in [0.4, 0.5) is 8.78 Å². The van der Waals surface area contributed by atoms with Crippen LogP contribution in [-0.2, 0) is 11.3 Å². The van der Waals surface area contributed by atoms with Crippen molar-refractivity contribution in [3.63, 3.8) is 0 Å². The first-order valence-corrected chi connectivity index (χ1v) is 8.92. The topological polar surface area (TPSA) is 76.6 Å². The maximum absolute atomic E-state index is 13.3. The minimum atomic E-state index is -2.61. The third-order valence-electron chi connectivity index (χ3n) is 4.30. The highest BCUT2D eigenvalue weighted by Crippen LogP contribution is 2.36. The number of methoxy groups -OCH3 is 2. The molecule has 0 bridgehead atoms. The first-order valence-electron chi connectivity index (χ1n) is 8.10. The molecule has 3 rings (SSSR count). The van der Waals surface area contributed by atoms with Gasteiger partial charge in [0, 0.05) is 26.7 Å². The quantitative estimate of drug-likeness (QED) is 0.845. The number of carbonyl (C=O) groups is 1. The van der Waals surface area contributed by atoms with Crippen molar-refractivity contribution < 1.29 is 23.0 Å². The summed E-state index contributed by atoms with van der Waals surface area (Å²) >= 11 is 1.17. The highest BCUT2D eigenvalue weighted by atomic mass is 32.1. The number of aromatic nitrogens is 2. The number of hydrogen-bond acceptors (Lipinski definition) is 7. The molecule has 2 aromatic heterocycles. The summed E-state index contributed by atoms with van der Waals surface area (Å²) in [4.78, 5) is 23.9. The Labute approximate surface area is 153 Å². The standard InChI is InChI=1S/C16H20F2N4O3S/c1-8-11-14(25-3)20-10(7-24-2)21-15(11)26-12(8)16(23)22-5-4-19-6-9(22)13(17)18/h9,13,19H,4-7H2,1-3H3. The second-order valence-electron chi connectivity index (χ2n) is 5.92. The van der Waals surface area contributed by atoms with Gasteiger partial charge in [0.05, 0.1) is 17.4 Å². The summed E-state index contributed by atoms with van der Waals surface area (Å²) < 4.78 is 37.0. The molecule has 1 N–H and O–H groups in total. The van der Waals surface area contributed by atoms with Gasteiger partial charge in [-0.1, -0.05) is 0 Å². The normalized spacial score (nSPS) is 17.9. The van der Waals surface area contributed by atoms with Crippen LogP contribution >= 0.6 is 11.3 Å². The van der Waals surface area contributed by atoms with E-state index in [1.165, 1.54) is 30.5 Å². The molecule has 3 heterocycles. The Morgan fingerprint density at radius 3 is 2.85 bits per heavy atom. The van der Waals surface area contributed by atoms with Crippen molar-refractivity contribution in [2.24, 2.45) is 0 Å². The highest BCUT2D eigenvalue weighted by Gasteiger charge is 2.35. The Balaban J connectivity index is 2.04. The van der Waals surface area contributed by atoms with E-state index in [-0.39, 0.29) is 19.7 Å². The van der Waals surface area contributed by atoms with Gasteiger partial charge in [-0.3, -0.25) is 4.79 Å². The summed E-state index contributed by atoms with van der Waals surface area (Å²) in [5.41, 5.74) is 0.641. The predicted octanol–water partition coefficient (Wildman–Crippen LogP) is 1.83. The Hall–Kier alpha value is -1.91. The lowest BCUT2D eigenvalue weighted by molar-refractivity contribution is 0.0129. The van der Waals surface area contributed by atoms with E-state index in [1.807, 2.05) is 0 Å². The third-order valence-corrected chi connectivity index (χ3v) is 5.47. The SMILES string of the molecule is COCc1nc(OC)c2c(C)c(C(=O)N3CCNCC3C(F)F)sc2n1. The Morgan fingerprint density at radius 2 is 2.19 bits per heavy atom. The Bertz CT molecular complexity index is 814. The predicted molar refractivity (Wildman–Crippen MR) is 93.1 cm³/mol. The summed E-state index contributed by atoms with van der Waals surface area (Å²) in [5.74, 6) is 0.373. The van der Waals surface area contributed by atoms with E-state index in [4.69, 9.17) is 9.47 Å². The van der Waals surface area contributed by atoms with Crippen LogP contribution in [-0.4, -0.2) is 67.1 Å². The summed E-state index contributed by atoms with van der Waals surface area (Å²) in [6.45, 7) is 2.76. The molecule has 1 aliphatic heterocycles. The molecule has 26 heavy (non-hydrogen) atoms. The van der Waals surface area contributed by atoms with Crippen LogP contribution in [0.3, 0.4) is 0 Å². The molecule has 0 radical (unpaired) electrons. The van der Waals surface area contributed by atoms with Crippen LogP contribution in [0, 0.1) is 6.92 Å². The maximum atomic E-state index is 13.3. The van der Waals surface area contributed by atoms with Gasteiger partial charge in [-0.2, -0.15) is 4.98 Å². The molecule has 1 fully saturated rings. The summed E-state index contributed by atoms with van der Waals surface area (Å²) in [7, 11) is 3.02. The first kappa shape index (κ1) is 18.9. The average Bonchev–Trinajstić information content (AvgIpc) is 2.97. The van der Waals surface area contributed by atoms with Crippen LogP contribution in [0.1, 0.15) is 21.1 Å². The second-order valence-corrected chi connectivity index (χ2v) is 6.92. The average molecular weight is 386 g/mol. The molecular formula is C16H20F2N4O3S. The van der Waals surface area contributed by atoms with Gasteiger partial charge in [0.2, 0.25) is 5.88 Å². The molecule has 2 aromatic rings. The molecule has 1 saturated heterocycles. The van der Waals surface area contributed by atoms with Gasteiger partial charge >= 0.3 is 0 Å². The van der Waals surface area contributed by atoms with Crippen molar-refractivity contribution in [1.82, 2.24) is 20.2 Å². The number of alkyl halides is 2. The third kappa shape index (κ3) is 3.36. The molecular weight excluding hydrogens is 366 g/mol. The summed E-state index contributed by atoms with van der Waals surface area (Å²) in [6.07, 6.45) is -2.61. The largest absolute Gasteiger partial charge is 0.480 e. The molecule has 142 valence electrons. The van der Waals surface area contributed by atoms with E-state index in [9.17, 15) is 13.6 Å². The van der Waals surface area contributed by atoms with Gasteiger partial charge in [0.1, 0.15) is 17.5 Å². The second kappa shape index (κ2) is 7.77. The molecule has 0 spiro atoms. The molecule has 0 aliphatic carbocycles. The number of piperazine rings is 1. The summed E-state index contributed by atoms with van der Waals surface area (Å²) in [5, 5.41) is 3.54. The Morgan fingerprint density at radius 1 is 1.42 bits per heavy atom. The highest BCUT2D eigenvalue weighted by molar-refractivity contribution is 7.20. The first-order chi connectivity index (χ1) is 12.5. The van der Waals surface area contributed by atoms with Crippen LogP contribution in [0.2, 0.25) is 0 Å². The van der Waals surface area contributed by atoms with Crippen molar-refractivity contribution in [1.29, 1.82) is 0 Å². The molecule has 7 nitrogen and oxygen atoms in total. The number of hydrogen-bond donors (Lipinski definition) is 1. The van der Waals surface area contributed by atoms with Gasteiger partial charge < -0.3 is 19.7 Å². The molecule has 1 unspecified atom stereocenters. The number of nitrogens with zero attached hydrogens (tertiary/aromatic N) is 3. The molecule has 1 atom stereocenters. The van der Waals surface area contributed by atoms with E-state index in [0.29, 0.717) is 38.9 Å². The number of rotatable bonds is 5. The Kier molecular flexibility index (Phi) is 5.64. The van der Waals surface area contributed by atoms with Crippen molar-refractivity contribution in [2.45, 2.75) is 26.0 Å². The van der Waals surface area contributed by atoms with E-state index < -0.39 is 18.4 Å². The van der Waals surface area contributed by atoms with Crippen LogP contribution in [0.25, 0.3) is 10.2 Å². The summed E-state index contributed by atoms with van der Waals surface area (Å²) in [6, 6.07) is -1.14. The number of halogens is 2. The maximum Gasteiger partial charge on any atom is 0.264 e. The monoisotopic (exact) mass is 386 g/mol. The lowest BCUT2D eigenvalue weighted by atomic mass is 10.1. The van der Waals surface area contributed by atoms with E-state index >= 15 is 0 Å². The van der Waals surface area contributed by atoms with Gasteiger partial charge in [-0.05, 0) is 12.5 Å². The lowest BCUT2D eigenvalue weighted by Crippen LogP contribution is -2.56. The fourth-order valence-electron chi connectivity index (χ4n) is 3.02. The smallest absolute Gasteiger partial charge is 0.264 e. The van der Waals surface area contributed by atoms with Gasteiger partial charge in [0.15, 0.2) is 5.82 Å². The van der Waals surface area contributed by atoms with E-state index in [0.717, 1.165) is 0 Å². The zero-order chi connectivity index (χ0) is 18.8. The number of fused-ring (bicyclic) bond motifs is 1. The lowest BCUT2D eigenvalue weighted by Gasteiger charge is -2.35. The number of carbonyl (C=O) groups excluding carboxylic acids is 1. The van der Waals surface area contributed by atoms with E-state index in [2.05, 4.69) is 15.3 Å². The van der Waals surface area contributed by atoms with Crippen LogP contribution in [0.15, 0.2) is 0 Å². The molecule has 1 amide bonds.